The smallest absolute Gasteiger partial charge is 0.310 e. The molecule has 0 aliphatic rings. The van der Waals surface area contributed by atoms with Gasteiger partial charge in [-0.25, -0.2) is 0 Å². The Morgan fingerprint density at radius 2 is 2.11 bits per heavy atom. The molecular formula is C15H20N2O2. The van der Waals surface area contributed by atoms with Gasteiger partial charge in [-0.1, -0.05) is 25.1 Å². The van der Waals surface area contributed by atoms with Crippen LogP contribution in [0.1, 0.15) is 20.3 Å². The van der Waals surface area contributed by atoms with E-state index >= 15 is 0 Å². The number of carbonyl (C=O) groups is 1. The summed E-state index contributed by atoms with van der Waals surface area (Å²) < 4.78 is 5.01. The van der Waals surface area contributed by atoms with Gasteiger partial charge in [0.05, 0.1) is 25.0 Å². The normalized spacial score (nSPS) is 11.4. The molecule has 0 fully saturated rings. The zero-order chi connectivity index (χ0) is 14.1. The van der Waals surface area contributed by atoms with E-state index in [2.05, 4.69) is 6.07 Å². The Labute approximate surface area is 114 Å². The van der Waals surface area contributed by atoms with Crippen molar-refractivity contribution >= 4 is 11.7 Å². The molecule has 0 aliphatic heterocycles. The van der Waals surface area contributed by atoms with Crippen LogP contribution < -0.4 is 4.90 Å². The van der Waals surface area contributed by atoms with Crippen molar-refractivity contribution in [1.29, 1.82) is 5.26 Å². The monoisotopic (exact) mass is 260 g/mol. The van der Waals surface area contributed by atoms with Crippen molar-refractivity contribution in [1.82, 2.24) is 0 Å². The van der Waals surface area contributed by atoms with E-state index in [-0.39, 0.29) is 11.9 Å². The van der Waals surface area contributed by atoms with Crippen molar-refractivity contribution < 1.29 is 9.53 Å². The lowest BCUT2D eigenvalue weighted by molar-refractivity contribution is -0.147. The average molecular weight is 260 g/mol. The summed E-state index contributed by atoms with van der Waals surface area (Å²) in [7, 11) is 0. The molecule has 0 saturated carbocycles. The molecule has 19 heavy (non-hydrogen) atoms. The summed E-state index contributed by atoms with van der Waals surface area (Å²) in [6.07, 6.45) is 0.435. The van der Waals surface area contributed by atoms with Gasteiger partial charge in [-0.2, -0.15) is 5.26 Å². The number of para-hydroxylation sites is 1. The molecule has 0 N–H and O–H groups in total. The molecule has 1 unspecified atom stereocenters. The molecule has 0 aromatic heterocycles. The molecule has 1 rings (SSSR count). The van der Waals surface area contributed by atoms with Gasteiger partial charge in [0.2, 0.25) is 0 Å². The lowest BCUT2D eigenvalue weighted by Gasteiger charge is -2.26. The number of esters is 1. The molecule has 4 heteroatoms. The van der Waals surface area contributed by atoms with Crippen LogP contribution in [0.15, 0.2) is 30.3 Å². The number of nitriles is 1. The molecule has 1 atom stereocenters. The minimum Gasteiger partial charge on any atom is -0.466 e. The predicted molar refractivity (Wildman–Crippen MR) is 74.7 cm³/mol. The van der Waals surface area contributed by atoms with Crippen molar-refractivity contribution in [3.63, 3.8) is 0 Å². The minimum atomic E-state index is -0.209. The molecule has 0 radical (unpaired) electrons. The number of nitrogens with zero attached hydrogens (tertiary/aromatic N) is 2. The van der Waals surface area contributed by atoms with Crippen molar-refractivity contribution in [2.24, 2.45) is 5.92 Å². The Hall–Kier alpha value is -2.02. The molecule has 0 aliphatic carbocycles. The summed E-state index contributed by atoms with van der Waals surface area (Å²) >= 11 is 0. The zero-order valence-electron chi connectivity index (χ0n) is 11.5. The van der Waals surface area contributed by atoms with Crippen LogP contribution in [0.2, 0.25) is 0 Å². The van der Waals surface area contributed by atoms with E-state index in [9.17, 15) is 4.79 Å². The van der Waals surface area contributed by atoms with Crippen LogP contribution in [0.4, 0.5) is 5.69 Å². The van der Waals surface area contributed by atoms with Crippen LogP contribution in [0.5, 0.6) is 0 Å². The highest BCUT2D eigenvalue weighted by atomic mass is 16.5. The van der Waals surface area contributed by atoms with Gasteiger partial charge < -0.3 is 9.64 Å². The summed E-state index contributed by atoms with van der Waals surface area (Å²) in [5.74, 6) is -0.403. The Bertz CT molecular complexity index is 426. The second kappa shape index (κ2) is 8.15. The fourth-order valence-electron chi connectivity index (χ4n) is 1.84. The van der Waals surface area contributed by atoms with E-state index in [1.54, 1.807) is 6.92 Å². The van der Waals surface area contributed by atoms with Gasteiger partial charge in [-0.3, -0.25) is 4.79 Å². The zero-order valence-corrected chi connectivity index (χ0v) is 11.5. The lowest BCUT2D eigenvalue weighted by atomic mass is 10.1. The van der Waals surface area contributed by atoms with Gasteiger partial charge in [0.25, 0.3) is 0 Å². The van der Waals surface area contributed by atoms with Gasteiger partial charge in [0, 0.05) is 18.8 Å². The highest BCUT2D eigenvalue weighted by Gasteiger charge is 2.18. The molecule has 0 heterocycles. The second-order valence-corrected chi connectivity index (χ2v) is 4.34. The van der Waals surface area contributed by atoms with Crippen LogP contribution in [-0.2, 0) is 9.53 Å². The number of ether oxygens (including phenoxy) is 1. The molecule has 1 aromatic carbocycles. The van der Waals surface area contributed by atoms with Gasteiger partial charge in [0.15, 0.2) is 0 Å². The molecular weight excluding hydrogens is 240 g/mol. The van der Waals surface area contributed by atoms with Crippen LogP contribution >= 0.6 is 0 Å². The Morgan fingerprint density at radius 3 is 2.68 bits per heavy atom. The van der Waals surface area contributed by atoms with E-state index in [0.29, 0.717) is 26.1 Å². The van der Waals surface area contributed by atoms with Crippen LogP contribution in [-0.4, -0.2) is 25.7 Å². The Kier molecular flexibility index (Phi) is 6.45. The van der Waals surface area contributed by atoms with E-state index in [0.717, 1.165) is 5.69 Å². The third kappa shape index (κ3) is 5.01. The van der Waals surface area contributed by atoms with Gasteiger partial charge in [0.1, 0.15) is 0 Å². The predicted octanol–water partition coefficient (Wildman–Crippen LogP) is 2.61. The lowest BCUT2D eigenvalue weighted by Crippen LogP contribution is -2.33. The summed E-state index contributed by atoms with van der Waals surface area (Å²) in [6.45, 7) is 5.22. The maximum absolute atomic E-state index is 11.7. The van der Waals surface area contributed by atoms with E-state index in [1.807, 2.05) is 42.2 Å². The van der Waals surface area contributed by atoms with Crippen molar-refractivity contribution in [3.8, 4) is 6.07 Å². The number of rotatable bonds is 7. The number of hydrogen-bond acceptors (Lipinski definition) is 4. The van der Waals surface area contributed by atoms with Crippen molar-refractivity contribution in [3.05, 3.63) is 30.3 Å². The molecule has 1 aromatic rings. The van der Waals surface area contributed by atoms with Crippen molar-refractivity contribution in [2.75, 3.05) is 24.6 Å². The molecule has 0 saturated heterocycles. The number of carbonyl (C=O) groups excluding carboxylic acids is 1. The molecule has 4 nitrogen and oxygen atoms in total. The largest absolute Gasteiger partial charge is 0.466 e. The van der Waals surface area contributed by atoms with E-state index in [4.69, 9.17) is 10.00 Å². The van der Waals surface area contributed by atoms with Gasteiger partial charge >= 0.3 is 5.97 Å². The Morgan fingerprint density at radius 1 is 1.42 bits per heavy atom. The summed E-state index contributed by atoms with van der Waals surface area (Å²) in [4.78, 5) is 13.7. The van der Waals surface area contributed by atoms with Crippen molar-refractivity contribution in [2.45, 2.75) is 20.3 Å². The van der Waals surface area contributed by atoms with E-state index in [1.165, 1.54) is 0 Å². The van der Waals surface area contributed by atoms with Crippen LogP contribution in [0.3, 0.4) is 0 Å². The second-order valence-electron chi connectivity index (χ2n) is 4.34. The number of anilines is 1. The molecule has 0 spiro atoms. The third-order valence-electron chi connectivity index (χ3n) is 2.80. The van der Waals surface area contributed by atoms with E-state index < -0.39 is 0 Å². The highest BCUT2D eigenvalue weighted by molar-refractivity contribution is 5.72. The first-order chi connectivity index (χ1) is 9.19. The molecule has 0 bridgehead atoms. The SMILES string of the molecule is CCOC(=O)C(C)CN(CCC#N)c1ccccc1. The standard InChI is InChI=1S/C15H20N2O2/c1-3-19-15(18)13(2)12-17(11-7-10-16)14-8-5-4-6-9-14/h4-6,8-9,13H,3,7,11-12H2,1-2H3. The van der Waals surface area contributed by atoms with Crippen LogP contribution in [0.25, 0.3) is 0 Å². The minimum absolute atomic E-state index is 0.194. The summed E-state index contributed by atoms with van der Waals surface area (Å²) in [6, 6.07) is 11.9. The first-order valence-electron chi connectivity index (χ1n) is 6.52. The topological polar surface area (TPSA) is 53.3 Å². The fraction of sp³-hybridized carbons (Fsp3) is 0.467. The summed E-state index contributed by atoms with van der Waals surface area (Å²) in [5.41, 5.74) is 1.02. The first kappa shape index (κ1) is 15.0. The first-order valence-corrected chi connectivity index (χ1v) is 6.52. The Balaban J connectivity index is 2.70. The maximum atomic E-state index is 11.7. The fourth-order valence-corrected chi connectivity index (χ4v) is 1.84. The third-order valence-corrected chi connectivity index (χ3v) is 2.80. The summed E-state index contributed by atoms with van der Waals surface area (Å²) in [5, 5.41) is 8.72. The number of hydrogen-bond donors (Lipinski definition) is 0. The molecule has 102 valence electrons. The maximum Gasteiger partial charge on any atom is 0.310 e. The highest BCUT2D eigenvalue weighted by Crippen LogP contribution is 2.16. The average Bonchev–Trinajstić information content (AvgIpc) is 2.44. The van der Waals surface area contributed by atoms with Crippen LogP contribution in [0, 0.1) is 17.2 Å². The quantitative estimate of drug-likeness (QED) is 0.707. The number of benzene rings is 1. The van der Waals surface area contributed by atoms with Gasteiger partial charge in [-0.05, 0) is 19.1 Å². The van der Waals surface area contributed by atoms with Gasteiger partial charge in [-0.15, -0.1) is 0 Å². The molecule has 0 amide bonds.